The fourth-order valence-corrected chi connectivity index (χ4v) is 3.41. The topological polar surface area (TPSA) is 82.6 Å². The molecule has 1 aromatic carbocycles. The lowest BCUT2D eigenvalue weighted by atomic mass is 10.2. The number of carbonyl (C=O) groups excluding carboxylic acids is 1. The third kappa shape index (κ3) is 4.62. The van der Waals surface area contributed by atoms with E-state index in [1.807, 2.05) is 13.8 Å². The minimum Gasteiger partial charge on any atom is -0.318 e. The monoisotopic (exact) mass is 461 g/mol. The van der Waals surface area contributed by atoms with Gasteiger partial charge in [-0.3, -0.25) is 14.2 Å². The zero-order valence-corrected chi connectivity index (χ0v) is 18.2. The number of nitrogens with one attached hydrogen (secondary N) is 1. The highest BCUT2D eigenvalue weighted by Gasteiger charge is 2.14. The number of nitrogens with zero attached hydrogens (tertiary/aromatic N) is 6. The van der Waals surface area contributed by atoms with Gasteiger partial charge in [-0.25, -0.2) is 9.07 Å². The Morgan fingerprint density at radius 3 is 2.68 bits per heavy atom. The molecule has 31 heavy (non-hydrogen) atoms. The molecule has 0 saturated heterocycles. The largest absolute Gasteiger partial charge is 0.318 e. The Morgan fingerprint density at radius 1 is 1.16 bits per heavy atom. The van der Waals surface area contributed by atoms with Crippen LogP contribution in [0.25, 0.3) is 0 Å². The average molecular weight is 462 g/mol. The van der Waals surface area contributed by atoms with Gasteiger partial charge < -0.3 is 5.32 Å². The summed E-state index contributed by atoms with van der Waals surface area (Å²) in [6.45, 7) is 4.38. The van der Waals surface area contributed by atoms with Crippen molar-refractivity contribution >= 4 is 34.8 Å². The van der Waals surface area contributed by atoms with Crippen LogP contribution in [0.5, 0.6) is 0 Å². The van der Waals surface area contributed by atoms with Crippen molar-refractivity contribution in [3.05, 3.63) is 81.4 Å². The van der Waals surface area contributed by atoms with Crippen LogP contribution in [0.2, 0.25) is 10.0 Å². The number of anilines is 1. The normalized spacial score (nSPS) is 11.1. The number of benzene rings is 1. The molecule has 0 aliphatic carbocycles. The summed E-state index contributed by atoms with van der Waals surface area (Å²) in [5, 5.41) is 16.5. The Balaban J connectivity index is 1.40. The summed E-state index contributed by atoms with van der Waals surface area (Å²) >= 11 is 12.2. The van der Waals surface area contributed by atoms with E-state index < -0.39 is 5.82 Å². The molecule has 4 aromatic rings. The average Bonchev–Trinajstić information content (AvgIpc) is 3.42. The van der Waals surface area contributed by atoms with Crippen LogP contribution >= 0.6 is 23.2 Å². The summed E-state index contributed by atoms with van der Waals surface area (Å²) in [5.74, 6) is -0.771. The van der Waals surface area contributed by atoms with Crippen LogP contribution in [0, 0.1) is 19.7 Å². The van der Waals surface area contributed by atoms with E-state index in [0.717, 1.165) is 11.4 Å². The van der Waals surface area contributed by atoms with E-state index in [1.165, 1.54) is 18.3 Å². The summed E-state index contributed by atoms with van der Waals surface area (Å²) in [4.78, 5) is 12.5. The Kier molecular flexibility index (Phi) is 5.79. The molecular formula is C20H18Cl2FN7O. The van der Waals surface area contributed by atoms with E-state index in [2.05, 4.69) is 20.6 Å². The fourth-order valence-electron chi connectivity index (χ4n) is 3.05. The van der Waals surface area contributed by atoms with Crippen molar-refractivity contribution in [2.75, 3.05) is 5.32 Å². The first-order valence-electron chi connectivity index (χ1n) is 9.31. The smallest absolute Gasteiger partial charge is 0.276 e. The lowest BCUT2D eigenvalue weighted by Crippen LogP contribution is -2.15. The standard InChI is InChI=1S/C20H18Cl2FN7O/c1-12-19(22)13(2)30(26-12)11-28-6-5-18(27-28)20(31)25-16-8-24-29(10-16)9-14-3-4-15(23)7-17(14)21/h3-8,10H,9,11H2,1-2H3,(H,25,31). The zero-order chi connectivity index (χ0) is 22.1. The van der Waals surface area contributed by atoms with Crippen molar-refractivity contribution in [1.29, 1.82) is 0 Å². The van der Waals surface area contributed by atoms with Crippen molar-refractivity contribution in [2.24, 2.45) is 0 Å². The summed E-state index contributed by atoms with van der Waals surface area (Å²) < 4.78 is 18.1. The number of hydrogen-bond donors (Lipinski definition) is 1. The SMILES string of the molecule is Cc1nn(Cn2ccc(C(=O)Nc3cnn(Cc4ccc(F)cc4Cl)c3)n2)c(C)c1Cl. The number of rotatable bonds is 6. The molecule has 0 bridgehead atoms. The number of carbonyl (C=O) groups is 1. The van der Waals surface area contributed by atoms with E-state index in [9.17, 15) is 9.18 Å². The van der Waals surface area contributed by atoms with Crippen molar-refractivity contribution in [2.45, 2.75) is 27.1 Å². The van der Waals surface area contributed by atoms with Crippen LogP contribution in [0.4, 0.5) is 10.1 Å². The van der Waals surface area contributed by atoms with Crippen LogP contribution in [-0.2, 0) is 13.2 Å². The number of aromatic nitrogens is 6. The Bertz CT molecular complexity index is 1260. The lowest BCUT2D eigenvalue weighted by Gasteiger charge is -2.05. The molecule has 0 aliphatic heterocycles. The van der Waals surface area contributed by atoms with Gasteiger partial charge in [0.1, 0.15) is 12.5 Å². The molecule has 3 aromatic heterocycles. The first-order chi connectivity index (χ1) is 14.8. The van der Waals surface area contributed by atoms with Gasteiger partial charge in [0.05, 0.1) is 34.8 Å². The second-order valence-corrected chi connectivity index (χ2v) is 7.77. The minimum atomic E-state index is -0.400. The molecule has 0 aliphatic rings. The highest BCUT2D eigenvalue weighted by atomic mass is 35.5. The van der Waals surface area contributed by atoms with E-state index in [4.69, 9.17) is 23.2 Å². The summed E-state index contributed by atoms with van der Waals surface area (Å²) in [7, 11) is 0. The maximum Gasteiger partial charge on any atom is 0.276 e. The molecule has 1 amide bonds. The lowest BCUT2D eigenvalue weighted by molar-refractivity contribution is 0.102. The van der Waals surface area contributed by atoms with Crippen LogP contribution < -0.4 is 5.32 Å². The third-order valence-corrected chi connectivity index (χ3v) is 5.58. The molecule has 8 nitrogen and oxygen atoms in total. The van der Waals surface area contributed by atoms with Gasteiger partial charge in [-0.15, -0.1) is 0 Å². The number of hydrogen-bond acceptors (Lipinski definition) is 4. The van der Waals surface area contributed by atoms with Gasteiger partial charge in [0.15, 0.2) is 5.69 Å². The second kappa shape index (κ2) is 8.52. The molecule has 0 atom stereocenters. The molecule has 0 unspecified atom stereocenters. The third-order valence-electron chi connectivity index (χ3n) is 4.68. The van der Waals surface area contributed by atoms with Crippen molar-refractivity contribution in [1.82, 2.24) is 29.3 Å². The molecule has 0 radical (unpaired) electrons. The van der Waals surface area contributed by atoms with Gasteiger partial charge in [0.2, 0.25) is 0 Å². The van der Waals surface area contributed by atoms with Gasteiger partial charge in [-0.1, -0.05) is 29.3 Å². The zero-order valence-electron chi connectivity index (χ0n) is 16.7. The fraction of sp³-hybridized carbons (Fsp3) is 0.200. The summed E-state index contributed by atoms with van der Waals surface area (Å²) in [5.41, 5.74) is 3.04. The highest BCUT2D eigenvalue weighted by Crippen LogP contribution is 2.20. The van der Waals surface area contributed by atoms with Gasteiger partial charge in [-0.2, -0.15) is 15.3 Å². The molecular weight excluding hydrogens is 444 g/mol. The van der Waals surface area contributed by atoms with Crippen LogP contribution in [-0.4, -0.2) is 35.2 Å². The molecule has 160 valence electrons. The molecule has 1 N–H and O–H groups in total. The summed E-state index contributed by atoms with van der Waals surface area (Å²) in [6.07, 6.45) is 4.87. The molecule has 0 spiro atoms. The van der Waals surface area contributed by atoms with Crippen LogP contribution in [0.3, 0.4) is 0 Å². The van der Waals surface area contributed by atoms with Crippen LogP contribution in [0.15, 0.2) is 42.9 Å². The van der Waals surface area contributed by atoms with Crippen molar-refractivity contribution in [3.63, 3.8) is 0 Å². The van der Waals surface area contributed by atoms with E-state index in [-0.39, 0.29) is 11.6 Å². The predicted molar refractivity (Wildman–Crippen MR) is 115 cm³/mol. The molecule has 3 heterocycles. The first kappa shape index (κ1) is 21.1. The van der Waals surface area contributed by atoms with Crippen molar-refractivity contribution < 1.29 is 9.18 Å². The quantitative estimate of drug-likeness (QED) is 0.467. The number of aryl methyl sites for hydroxylation is 1. The Hall–Kier alpha value is -3.17. The van der Waals surface area contributed by atoms with Gasteiger partial charge >= 0.3 is 0 Å². The van der Waals surface area contributed by atoms with E-state index in [0.29, 0.717) is 34.5 Å². The molecule has 11 heteroatoms. The van der Waals surface area contributed by atoms with Crippen molar-refractivity contribution in [3.8, 4) is 0 Å². The summed E-state index contributed by atoms with van der Waals surface area (Å²) in [6, 6.07) is 5.80. The Morgan fingerprint density at radius 2 is 1.97 bits per heavy atom. The number of amides is 1. The van der Waals surface area contributed by atoms with Gasteiger partial charge in [0.25, 0.3) is 5.91 Å². The second-order valence-electron chi connectivity index (χ2n) is 6.98. The van der Waals surface area contributed by atoms with Gasteiger partial charge in [-0.05, 0) is 37.6 Å². The number of halogens is 3. The molecule has 0 fully saturated rings. The van der Waals surface area contributed by atoms with Crippen LogP contribution in [0.1, 0.15) is 27.4 Å². The maximum atomic E-state index is 13.2. The maximum absolute atomic E-state index is 13.2. The van der Waals surface area contributed by atoms with E-state index in [1.54, 1.807) is 38.6 Å². The minimum absolute atomic E-state index is 0.252. The predicted octanol–water partition coefficient (Wildman–Crippen LogP) is 4.15. The highest BCUT2D eigenvalue weighted by molar-refractivity contribution is 6.32. The van der Waals surface area contributed by atoms with E-state index >= 15 is 0 Å². The molecule has 4 rings (SSSR count). The molecule has 0 saturated carbocycles. The Labute approximate surface area is 187 Å². The first-order valence-corrected chi connectivity index (χ1v) is 10.1. The van der Waals surface area contributed by atoms with Gasteiger partial charge in [0, 0.05) is 17.4 Å².